The molecule has 0 aromatic carbocycles. The van der Waals surface area contributed by atoms with Crippen LogP contribution in [-0.2, 0) is 6.54 Å². The number of hydrogen-bond acceptors (Lipinski definition) is 3. The average Bonchev–Trinajstić information content (AvgIpc) is 2.33. The molecule has 2 unspecified atom stereocenters. The van der Waals surface area contributed by atoms with E-state index in [-0.39, 0.29) is 5.69 Å². The van der Waals surface area contributed by atoms with Crippen LogP contribution in [0.2, 0.25) is 0 Å². The molecule has 98 valence electrons. The Morgan fingerprint density at radius 1 is 1.56 bits per heavy atom. The van der Waals surface area contributed by atoms with E-state index >= 15 is 0 Å². The fourth-order valence-electron chi connectivity index (χ4n) is 2.67. The van der Waals surface area contributed by atoms with E-state index in [9.17, 15) is 4.79 Å². The summed E-state index contributed by atoms with van der Waals surface area (Å²) in [6.07, 6.45) is 3.91. The molecule has 1 N–H and O–H groups in total. The lowest BCUT2D eigenvalue weighted by atomic mass is 9.93. The molecule has 18 heavy (non-hydrogen) atoms. The van der Waals surface area contributed by atoms with Gasteiger partial charge in [0, 0.05) is 18.8 Å². The molecule has 4 nitrogen and oxygen atoms in total. The topological polar surface area (TPSA) is 53.4 Å². The van der Waals surface area contributed by atoms with Crippen molar-refractivity contribution >= 4 is 5.97 Å². The van der Waals surface area contributed by atoms with Crippen molar-refractivity contribution < 1.29 is 9.90 Å². The monoisotopic (exact) mass is 248 g/mol. The van der Waals surface area contributed by atoms with E-state index in [0.29, 0.717) is 12.6 Å². The lowest BCUT2D eigenvalue weighted by Gasteiger charge is -2.36. The van der Waals surface area contributed by atoms with E-state index in [4.69, 9.17) is 5.11 Å². The number of aromatic nitrogens is 1. The number of carboxylic acids is 1. The third kappa shape index (κ3) is 2.88. The molecule has 1 aliphatic heterocycles. The first-order chi connectivity index (χ1) is 8.58. The quantitative estimate of drug-likeness (QED) is 0.892. The number of hydrogen-bond donors (Lipinski definition) is 1. The van der Waals surface area contributed by atoms with Gasteiger partial charge in [-0.1, -0.05) is 13.0 Å². The third-order valence-electron chi connectivity index (χ3n) is 3.74. The zero-order valence-corrected chi connectivity index (χ0v) is 11.0. The predicted octanol–water partition coefficient (Wildman–Crippen LogP) is 2.40. The maximum Gasteiger partial charge on any atom is 0.354 e. The van der Waals surface area contributed by atoms with Gasteiger partial charge in [-0.3, -0.25) is 4.90 Å². The largest absolute Gasteiger partial charge is 0.477 e. The van der Waals surface area contributed by atoms with Gasteiger partial charge < -0.3 is 5.11 Å². The minimum absolute atomic E-state index is 0.184. The van der Waals surface area contributed by atoms with Gasteiger partial charge in [0.05, 0.1) is 0 Å². The minimum atomic E-state index is -0.941. The van der Waals surface area contributed by atoms with Crippen molar-refractivity contribution in [2.24, 2.45) is 5.92 Å². The van der Waals surface area contributed by atoms with Gasteiger partial charge in [0.2, 0.25) is 0 Å². The highest BCUT2D eigenvalue weighted by atomic mass is 16.4. The van der Waals surface area contributed by atoms with Crippen molar-refractivity contribution in [1.29, 1.82) is 0 Å². The number of pyridine rings is 1. The zero-order valence-electron chi connectivity index (χ0n) is 11.0. The normalized spacial score (nSPS) is 25.0. The van der Waals surface area contributed by atoms with Crippen LogP contribution in [-0.4, -0.2) is 33.5 Å². The van der Waals surface area contributed by atoms with Crippen LogP contribution >= 0.6 is 0 Å². The molecule has 1 saturated heterocycles. The van der Waals surface area contributed by atoms with E-state index in [1.807, 2.05) is 6.07 Å². The molecular formula is C14H20N2O2. The van der Waals surface area contributed by atoms with Gasteiger partial charge in [0.25, 0.3) is 0 Å². The Balaban J connectivity index is 2.12. The summed E-state index contributed by atoms with van der Waals surface area (Å²) >= 11 is 0. The molecule has 1 fully saturated rings. The van der Waals surface area contributed by atoms with Crippen molar-refractivity contribution in [2.75, 3.05) is 6.54 Å². The lowest BCUT2D eigenvalue weighted by Crippen LogP contribution is -2.39. The number of rotatable bonds is 3. The summed E-state index contributed by atoms with van der Waals surface area (Å²) in [6, 6.07) is 4.18. The van der Waals surface area contributed by atoms with Crippen LogP contribution in [0.25, 0.3) is 0 Å². The second-order valence-corrected chi connectivity index (χ2v) is 5.27. The van der Waals surface area contributed by atoms with Gasteiger partial charge in [-0.25, -0.2) is 9.78 Å². The molecule has 2 rings (SSSR count). The summed E-state index contributed by atoms with van der Waals surface area (Å²) in [5.74, 6) is -0.173. The van der Waals surface area contributed by atoms with Crippen molar-refractivity contribution in [2.45, 2.75) is 39.3 Å². The molecule has 1 aromatic rings. The van der Waals surface area contributed by atoms with Crippen LogP contribution in [0, 0.1) is 5.92 Å². The Kier molecular flexibility index (Phi) is 3.97. The summed E-state index contributed by atoms with van der Waals surface area (Å²) in [5, 5.41) is 9.12. The second-order valence-electron chi connectivity index (χ2n) is 5.27. The second kappa shape index (κ2) is 5.48. The van der Waals surface area contributed by atoms with Crippen LogP contribution in [0.4, 0.5) is 0 Å². The third-order valence-corrected chi connectivity index (χ3v) is 3.74. The molecular weight excluding hydrogens is 228 g/mol. The van der Waals surface area contributed by atoms with Gasteiger partial charge in [-0.05, 0) is 43.9 Å². The smallest absolute Gasteiger partial charge is 0.354 e. The Morgan fingerprint density at radius 3 is 3.00 bits per heavy atom. The van der Waals surface area contributed by atoms with Crippen molar-refractivity contribution in [1.82, 2.24) is 9.88 Å². The maximum absolute atomic E-state index is 11.1. The van der Waals surface area contributed by atoms with E-state index in [1.54, 1.807) is 6.07 Å². The van der Waals surface area contributed by atoms with Gasteiger partial charge >= 0.3 is 5.97 Å². The van der Waals surface area contributed by atoms with Crippen LogP contribution in [0.15, 0.2) is 18.3 Å². The highest BCUT2D eigenvalue weighted by molar-refractivity contribution is 5.86. The number of nitrogens with zero attached hydrogens (tertiary/aromatic N) is 2. The number of piperidine rings is 1. The van der Waals surface area contributed by atoms with Gasteiger partial charge in [0.1, 0.15) is 0 Å². The standard InChI is InChI=1S/C14H20N2O2/c1-10-5-7-16(11(2)8-10)9-12-4-3-6-15-13(12)14(17)18/h3-4,6,10-11H,5,7-9H2,1-2H3,(H,17,18). The summed E-state index contributed by atoms with van der Waals surface area (Å²) in [5.41, 5.74) is 0.995. The van der Waals surface area contributed by atoms with Crippen LogP contribution < -0.4 is 0 Å². The molecule has 2 heterocycles. The first-order valence-corrected chi connectivity index (χ1v) is 6.49. The molecule has 0 bridgehead atoms. The summed E-state index contributed by atoms with van der Waals surface area (Å²) in [4.78, 5) is 17.4. The Morgan fingerprint density at radius 2 is 2.33 bits per heavy atom. The molecule has 0 saturated carbocycles. The predicted molar refractivity (Wildman–Crippen MR) is 69.5 cm³/mol. The highest BCUT2D eigenvalue weighted by Gasteiger charge is 2.24. The fourth-order valence-corrected chi connectivity index (χ4v) is 2.67. The Bertz CT molecular complexity index is 434. The molecule has 1 aliphatic rings. The number of carboxylic acid groups (broad SMARTS) is 1. The summed E-state index contributed by atoms with van der Waals surface area (Å²) < 4.78 is 0. The molecule has 0 aliphatic carbocycles. The summed E-state index contributed by atoms with van der Waals surface area (Å²) in [6.45, 7) is 6.21. The van der Waals surface area contributed by atoms with E-state index < -0.39 is 5.97 Å². The molecule has 1 aromatic heterocycles. The van der Waals surface area contributed by atoms with Crippen LogP contribution in [0.5, 0.6) is 0 Å². The van der Waals surface area contributed by atoms with E-state index in [2.05, 4.69) is 23.7 Å². The van der Waals surface area contributed by atoms with Crippen molar-refractivity contribution in [3.8, 4) is 0 Å². The Hall–Kier alpha value is -1.42. The van der Waals surface area contributed by atoms with Crippen LogP contribution in [0.1, 0.15) is 42.7 Å². The highest BCUT2D eigenvalue weighted by Crippen LogP contribution is 2.24. The SMILES string of the molecule is CC1CCN(Cc2cccnc2C(=O)O)C(C)C1. The molecule has 0 radical (unpaired) electrons. The lowest BCUT2D eigenvalue weighted by molar-refractivity contribution is 0.0684. The number of aromatic carboxylic acids is 1. The van der Waals surface area contributed by atoms with Crippen LogP contribution in [0.3, 0.4) is 0 Å². The van der Waals surface area contributed by atoms with E-state index in [1.165, 1.54) is 19.0 Å². The van der Waals surface area contributed by atoms with Gasteiger partial charge in [-0.15, -0.1) is 0 Å². The number of likely N-dealkylation sites (tertiary alicyclic amines) is 1. The fraction of sp³-hybridized carbons (Fsp3) is 0.571. The maximum atomic E-state index is 11.1. The molecule has 2 atom stereocenters. The molecule has 0 spiro atoms. The molecule has 0 amide bonds. The zero-order chi connectivity index (χ0) is 13.1. The summed E-state index contributed by atoms with van der Waals surface area (Å²) in [7, 11) is 0. The van der Waals surface area contributed by atoms with Gasteiger partial charge in [-0.2, -0.15) is 0 Å². The number of carbonyl (C=O) groups is 1. The van der Waals surface area contributed by atoms with Gasteiger partial charge in [0.15, 0.2) is 5.69 Å². The van der Waals surface area contributed by atoms with E-state index in [0.717, 1.165) is 18.0 Å². The first-order valence-electron chi connectivity index (χ1n) is 6.49. The minimum Gasteiger partial charge on any atom is -0.477 e. The average molecular weight is 248 g/mol. The van der Waals surface area contributed by atoms with Crippen molar-refractivity contribution in [3.63, 3.8) is 0 Å². The van der Waals surface area contributed by atoms with Crippen molar-refractivity contribution in [3.05, 3.63) is 29.6 Å². The first kappa shape index (κ1) is 13.0. The molecule has 4 heteroatoms. The Labute approximate surface area is 108 Å².